The highest BCUT2D eigenvalue weighted by atomic mass is 79.9. The van der Waals surface area contributed by atoms with Crippen LogP contribution in [0.5, 0.6) is 0 Å². The first-order valence-electron chi connectivity index (χ1n) is 6.04. The maximum absolute atomic E-state index is 13.0. The van der Waals surface area contributed by atoms with E-state index in [1.54, 1.807) is 0 Å². The first kappa shape index (κ1) is 14.9. The topological polar surface area (TPSA) is 49.4 Å². The highest BCUT2D eigenvalue weighted by Crippen LogP contribution is 2.23. The van der Waals surface area contributed by atoms with E-state index in [4.69, 9.17) is 0 Å². The van der Waals surface area contributed by atoms with Crippen LogP contribution in [0.1, 0.15) is 12.8 Å². The molecule has 1 fully saturated rings. The summed E-state index contributed by atoms with van der Waals surface area (Å²) in [6.45, 7) is 1.75. The van der Waals surface area contributed by atoms with E-state index in [-0.39, 0.29) is 15.4 Å². The Morgan fingerprint density at radius 3 is 2.58 bits per heavy atom. The zero-order valence-electron chi connectivity index (χ0n) is 10.6. The molecule has 0 radical (unpaired) electrons. The molecule has 0 aliphatic carbocycles. The first-order valence-corrected chi connectivity index (χ1v) is 8.32. The lowest BCUT2D eigenvalue weighted by Crippen LogP contribution is -2.43. The predicted molar refractivity (Wildman–Crippen MR) is 74.9 cm³/mol. The van der Waals surface area contributed by atoms with Gasteiger partial charge in [0.15, 0.2) is 0 Å². The second kappa shape index (κ2) is 5.87. The number of sulfonamides is 1. The quantitative estimate of drug-likeness (QED) is 0.906. The van der Waals surface area contributed by atoms with Crippen molar-refractivity contribution < 1.29 is 12.8 Å². The van der Waals surface area contributed by atoms with Gasteiger partial charge in [-0.2, -0.15) is 0 Å². The molecule has 1 aromatic carbocycles. The lowest BCUT2D eigenvalue weighted by molar-refractivity contribution is 0.248. The molecule has 4 nitrogen and oxygen atoms in total. The molecule has 0 bridgehead atoms. The van der Waals surface area contributed by atoms with Gasteiger partial charge in [0.2, 0.25) is 10.0 Å². The zero-order valence-corrected chi connectivity index (χ0v) is 13.0. The van der Waals surface area contributed by atoms with Gasteiger partial charge in [-0.15, -0.1) is 0 Å². The summed E-state index contributed by atoms with van der Waals surface area (Å²) >= 11 is 3.09. The molecule has 1 saturated heterocycles. The normalized spacial score (nSPS) is 18.7. The van der Waals surface area contributed by atoms with E-state index in [1.165, 1.54) is 6.07 Å². The van der Waals surface area contributed by atoms with Gasteiger partial charge in [0, 0.05) is 10.5 Å². The van der Waals surface area contributed by atoms with Crippen molar-refractivity contribution in [3.05, 3.63) is 28.5 Å². The number of rotatable bonds is 3. The number of likely N-dealkylation sites (tertiary alicyclic amines) is 1. The molecule has 106 valence electrons. The Bertz CT molecular complexity index is 557. The van der Waals surface area contributed by atoms with Crippen LogP contribution in [0.3, 0.4) is 0 Å². The minimum absolute atomic E-state index is 0.0573. The molecule has 0 spiro atoms. The third-order valence-corrected chi connectivity index (χ3v) is 5.72. The molecule has 1 heterocycles. The van der Waals surface area contributed by atoms with Gasteiger partial charge in [0.1, 0.15) is 5.82 Å². The largest absolute Gasteiger partial charge is 0.306 e. The summed E-state index contributed by atoms with van der Waals surface area (Å²) in [5.74, 6) is -0.467. The second-order valence-electron chi connectivity index (χ2n) is 4.77. The van der Waals surface area contributed by atoms with E-state index in [1.807, 2.05) is 7.05 Å². The van der Waals surface area contributed by atoms with Gasteiger partial charge in [0.05, 0.1) is 4.90 Å². The second-order valence-corrected chi connectivity index (χ2v) is 7.31. The van der Waals surface area contributed by atoms with Gasteiger partial charge in [-0.25, -0.2) is 17.5 Å². The molecule has 0 unspecified atom stereocenters. The van der Waals surface area contributed by atoms with Crippen LogP contribution in [-0.4, -0.2) is 39.5 Å². The van der Waals surface area contributed by atoms with E-state index in [0.717, 1.165) is 38.1 Å². The summed E-state index contributed by atoms with van der Waals surface area (Å²) in [7, 11) is -1.59. The molecule has 1 N–H and O–H groups in total. The van der Waals surface area contributed by atoms with E-state index in [2.05, 4.69) is 25.6 Å². The maximum atomic E-state index is 13.0. The van der Waals surface area contributed by atoms with Crippen LogP contribution in [0.2, 0.25) is 0 Å². The van der Waals surface area contributed by atoms with Crippen LogP contribution < -0.4 is 4.72 Å². The molecule has 1 aliphatic rings. The Balaban J connectivity index is 2.14. The van der Waals surface area contributed by atoms with Crippen LogP contribution in [0.4, 0.5) is 4.39 Å². The zero-order chi connectivity index (χ0) is 14.0. The van der Waals surface area contributed by atoms with E-state index < -0.39 is 15.8 Å². The number of halogens is 2. The monoisotopic (exact) mass is 350 g/mol. The van der Waals surface area contributed by atoms with Crippen molar-refractivity contribution in [2.24, 2.45) is 0 Å². The summed E-state index contributed by atoms with van der Waals surface area (Å²) in [4.78, 5) is 2.24. The van der Waals surface area contributed by atoms with Crippen LogP contribution in [-0.2, 0) is 10.0 Å². The van der Waals surface area contributed by atoms with Crippen molar-refractivity contribution in [3.8, 4) is 0 Å². The fourth-order valence-electron chi connectivity index (χ4n) is 2.10. The fraction of sp³-hybridized carbons (Fsp3) is 0.500. The van der Waals surface area contributed by atoms with Crippen LogP contribution in [0.15, 0.2) is 27.6 Å². The molecular weight excluding hydrogens is 335 g/mol. The lowest BCUT2D eigenvalue weighted by atomic mass is 10.1. The Morgan fingerprint density at radius 2 is 2.00 bits per heavy atom. The van der Waals surface area contributed by atoms with Crippen molar-refractivity contribution in [3.63, 3.8) is 0 Å². The number of benzene rings is 1. The molecule has 19 heavy (non-hydrogen) atoms. The molecule has 0 saturated carbocycles. The average Bonchev–Trinajstić information content (AvgIpc) is 2.31. The van der Waals surface area contributed by atoms with E-state index in [9.17, 15) is 12.8 Å². The van der Waals surface area contributed by atoms with Crippen molar-refractivity contribution in [2.45, 2.75) is 23.8 Å². The maximum Gasteiger partial charge on any atom is 0.241 e. The molecule has 1 aliphatic heterocycles. The SMILES string of the molecule is CN1CCC(NS(=O)(=O)c2ccc(F)cc2Br)CC1. The van der Waals surface area contributed by atoms with Gasteiger partial charge >= 0.3 is 0 Å². The molecule has 0 atom stereocenters. The predicted octanol–water partition coefficient (Wildman–Crippen LogP) is 1.96. The van der Waals surface area contributed by atoms with Crippen LogP contribution in [0, 0.1) is 5.82 Å². The van der Waals surface area contributed by atoms with Crippen molar-refractivity contribution in [2.75, 3.05) is 20.1 Å². The van der Waals surface area contributed by atoms with Crippen molar-refractivity contribution >= 4 is 26.0 Å². The Labute approximate surface area is 121 Å². The Morgan fingerprint density at radius 1 is 1.37 bits per heavy atom. The van der Waals surface area contributed by atoms with Gasteiger partial charge in [-0.1, -0.05) is 0 Å². The summed E-state index contributed by atoms with van der Waals surface area (Å²) in [6.07, 6.45) is 1.57. The average molecular weight is 351 g/mol. The molecule has 0 amide bonds. The van der Waals surface area contributed by atoms with Gasteiger partial charge in [-0.05, 0) is 67.1 Å². The van der Waals surface area contributed by atoms with Gasteiger partial charge in [-0.3, -0.25) is 0 Å². The molecule has 1 aromatic rings. The number of hydrogen-bond acceptors (Lipinski definition) is 3. The first-order chi connectivity index (χ1) is 8.88. The van der Waals surface area contributed by atoms with Gasteiger partial charge < -0.3 is 4.90 Å². The Kier molecular flexibility index (Phi) is 4.60. The fourth-order valence-corrected chi connectivity index (χ4v) is 4.46. The van der Waals surface area contributed by atoms with Gasteiger partial charge in [0.25, 0.3) is 0 Å². The molecule has 7 heteroatoms. The summed E-state index contributed by atoms with van der Waals surface area (Å²) < 4.78 is 40.4. The standard InChI is InChI=1S/C12H16BrFN2O2S/c1-16-6-4-10(5-7-16)15-19(17,18)12-3-2-9(14)8-11(12)13/h2-3,8,10,15H,4-7H2,1H3. The third-order valence-electron chi connectivity index (χ3n) is 3.22. The Hall–Kier alpha value is -0.500. The highest BCUT2D eigenvalue weighted by molar-refractivity contribution is 9.10. The minimum atomic E-state index is -3.61. The summed E-state index contributed by atoms with van der Waals surface area (Å²) in [5, 5.41) is 0. The van der Waals surface area contributed by atoms with E-state index in [0.29, 0.717) is 0 Å². The molecular formula is C12H16BrFN2O2S. The van der Waals surface area contributed by atoms with Crippen molar-refractivity contribution in [1.82, 2.24) is 9.62 Å². The molecule has 2 rings (SSSR count). The van der Waals surface area contributed by atoms with Crippen LogP contribution in [0.25, 0.3) is 0 Å². The number of nitrogens with zero attached hydrogens (tertiary/aromatic N) is 1. The van der Waals surface area contributed by atoms with Crippen molar-refractivity contribution in [1.29, 1.82) is 0 Å². The number of nitrogens with one attached hydrogen (secondary N) is 1. The summed E-state index contributed by atoms with van der Waals surface area (Å²) in [5.41, 5.74) is 0. The lowest BCUT2D eigenvalue weighted by Gasteiger charge is -2.29. The number of hydrogen-bond donors (Lipinski definition) is 1. The number of piperidine rings is 1. The minimum Gasteiger partial charge on any atom is -0.306 e. The smallest absolute Gasteiger partial charge is 0.241 e. The highest BCUT2D eigenvalue weighted by Gasteiger charge is 2.24. The summed E-state index contributed by atoms with van der Waals surface area (Å²) in [6, 6.07) is 3.52. The van der Waals surface area contributed by atoms with Crippen LogP contribution >= 0.6 is 15.9 Å². The third kappa shape index (κ3) is 3.75. The van der Waals surface area contributed by atoms with E-state index >= 15 is 0 Å². The molecule has 0 aromatic heterocycles.